The second-order valence-electron chi connectivity index (χ2n) is 9.05. The molecule has 5 rings (SSSR count). The van der Waals surface area contributed by atoms with Crippen LogP contribution in [0.3, 0.4) is 0 Å². The molecule has 0 atom stereocenters. The summed E-state index contributed by atoms with van der Waals surface area (Å²) in [5, 5.41) is 0.982. The van der Waals surface area contributed by atoms with Gasteiger partial charge in [-0.15, -0.1) is 0 Å². The molecule has 1 N–H and O–H groups in total. The fourth-order valence-corrected chi connectivity index (χ4v) is 4.70. The molecule has 0 bridgehead atoms. The number of nitrogens with one attached hydrogen (secondary N) is 1. The summed E-state index contributed by atoms with van der Waals surface area (Å²) >= 11 is 0. The van der Waals surface area contributed by atoms with E-state index in [0.717, 1.165) is 0 Å². The molecule has 0 radical (unpaired) electrons. The number of alkyl halides is 3. The molecule has 1 fully saturated rings. The molecule has 0 spiro atoms. The Hall–Kier alpha value is -3.64. The van der Waals surface area contributed by atoms with Gasteiger partial charge in [0.15, 0.2) is 17.4 Å². The lowest BCUT2D eigenvalue weighted by molar-refractivity contribution is -0.149. The average molecular weight is 534 g/mol. The van der Waals surface area contributed by atoms with Crippen LogP contribution < -0.4 is 14.2 Å². The van der Waals surface area contributed by atoms with E-state index in [9.17, 15) is 13.2 Å². The maximum absolute atomic E-state index is 15.5. The van der Waals surface area contributed by atoms with Gasteiger partial charge in [-0.25, -0.2) is 14.4 Å². The van der Waals surface area contributed by atoms with Gasteiger partial charge in [0, 0.05) is 61.2 Å². The third-order valence-corrected chi connectivity index (χ3v) is 6.64. The van der Waals surface area contributed by atoms with Gasteiger partial charge in [0.25, 0.3) is 0 Å². The maximum Gasteiger partial charge on any atom is 0.401 e. The van der Waals surface area contributed by atoms with E-state index in [1.807, 2.05) is 0 Å². The summed E-state index contributed by atoms with van der Waals surface area (Å²) in [5.74, 6) is 0.923. The van der Waals surface area contributed by atoms with Crippen LogP contribution in [0.4, 0.5) is 17.6 Å². The summed E-state index contributed by atoms with van der Waals surface area (Å²) in [7, 11) is 3.02. The Balaban J connectivity index is 1.32. The number of methoxy groups -OCH3 is 2. The van der Waals surface area contributed by atoms with Crippen molar-refractivity contribution in [2.45, 2.75) is 6.18 Å². The first kappa shape index (κ1) is 26.0. The van der Waals surface area contributed by atoms with Crippen LogP contribution in [0.2, 0.25) is 0 Å². The Morgan fingerprint density at radius 3 is 2.39 bits per heavy atom. The van der Waals surface area contributed by atoms with Crippen molar-refractivity contribution in [3.63, 3.8) is 0 Å². The van der Waals surface area contributed by atoms with Crippen LogP contribution in [0.25, 0.3) is 33.1 Å². The highest BCUT2D eigenvalue weighted by molar-refractivity contribution is 5.97. The molecule has 0 amide bonds. The third kappa shape index (κ3) is 5.46. The number of halogens is 4. The van der Waals surface area contributed by atoms with Crippen LogP contribution in [0, 0.1) is 5.82 Å². The first-order valence-electron chi connectivity index (χ1n) is 12.1. The second-order valence-corrected chi connectivity index (χ2v) is 9.05. The molecule has 3 heterocycles. The Morgan fingerprint density at radius 1 is 0.921 bits per heavy atom. The van der Waals surface area contributed by atoms with Crippen LogP contribution in [-0.2, 0) is 0 Å². The first-order chi connectivity index (χ1) is 18.3. The molecule has 8 nitrogen and oxygen atoms in total. The molecule has 38 heavy (non-hydrogen) atoms. The van der Waals surface area contributed by atoms with Crippen LogP contribution >= 0.6 is 0 Å². The Labute approximate surface area is 216 Å². The van der Waals surface area contributed by atoms with Crippen molar-refractivity contribution in [1.29, 1.82) is 0 Å². The number of aromatic amines is 1. The number of nitrogens with zero attached hydrogens (tertiary/aromatic N) is 4. The summed E-state index contributed by atoms with van der Waals surface area (Å²) < 4.78 is 70.0. The van der Waals surface area contributed by atoms with Crippen molar-refractivity contribution < 1.29 is 31.8 Å². The fraction of sp³-hybridized carbons (Fsp3) is 0.385. The number of hydrogen-bond acceptors (Lipinski definition) is 7. The first-order valence-corrected chi connectivity index (χ1v) is 12.1. The second kappa shape index (κ2) is 10.6. The normalized spacial score (nSPS) is 15.3. The van der Waals surface area contributed by atoms with Crippen LogP contribution in [0.15, 0.2) is 36.7 Å². The quantitative estimate of drug-likeness (QED) is 0.335. The van der Waals surface area contributed by atoms with E-state index in [2.05, 4.69) is 19.9 Å². The molecule has 2 aromatic carbocycles. The number of H-pyrrole nitrogens is 1. The van der Waals surface area contributed by atoms with E-state index < -0.39 is 18.5 Å². The van der Waals surface area contributed by atoms with Crippen LogP contribution in [0.1, 0.15) is 0 Å². The standard InChI is InChI=1S/C26H27F4N5O3/c1-36-21-11-18-20(13-22(21)38-10-9-34-5-7-35(8-6-34)14-26(28,29)30)31-15-32-25(18)16-3-4-19-17(24(16)27)12-23(33-19)37-2/h3-4,11-13,15,33H,5-10,14H2,1-2H3. The number of piperazine rings is 1. The summed E-state index contributed by atoms with van der Waals surface area (Å²) in [6, 6.07) is 8.45. The topological polar surface area (TPSA) is 75.7 Å². The number of ether oxygens (including phenoxy) is 3. The third-order valence-electron chi connectivity index (χ3n) is 6.64. The summed E-state index contributed by atoms with van der Waals surface area (Å²) in [5.41, 5.74) is 1.89. The van der Waals surface area contributed by atoms with Crippen LogP contribution in [-0.4, -0.2) is 91.0 Å². The zero-order valence-corrected chi connectivity index (χ0v) is 20.9. The zero-order valence-electron chi connectivity index (χ0n) is 20.9. The minimum Gasteiger partial charge on any atom is -0.493 e. The highest BCUT2D eigenvalue weighted by Gasteiger charge is 2.32. The van der Waals surface area contributed by atoms with Gasteiger partial charge in [0.2, 0.25) is 0 Å². The average Bonchev–Trinajstić information content (AvgIpc) is 3.33. The van der Waals surface area contributed by atoms with Gasteiger partial charge in [0.1, 0.15) is 18.8 Å². The summed E-state index contributed by atoms with van der Waals surface area (Å²) in [6.07, 6.45) is -2.81. The van der Waals surface area contributed by atoms with Gasteiger partial charge in [-0.1, -0.05) is 0 Å². The van der Waals surface area contributed by atoms with Gasteiger partial charge in [0.05, 0.1) is 37.5 Å². The number of benzene rings is 2. The molecule has 0 unspecified atom stereocenters. The van der Waals surface area contributed by atoms with Crippen LogP contribution in [0.5, 0.6) is 17.4 Å². The monoisotopic (exact) mass is 533 g/mol. The molecule has 1 saturated heterocycles. The number of fused-ring (bicyclic) bond motifs is 2. The molecular formula is C26H27F4N5O3. The molecular weight excluding hydrogens is 506 g/mol. The van der Waals surface area contributed by atoms with E-state index in [1.54, 1.807) is 30.3 Å². The lowest BCUT2D eigenvalue weighted by atomic mass is 10.0. The SMILES string of the molecule is COc1cc2c(F)c(-c3ncnc4cc(OCCN5CCN(CC(F)(F)F)CC5)c(OC)cc34)ccc2[nH]1. The van der Waals surface area contributed by atoms with Crippen molar-refractivity contribution in [3.8, 4) is 28.6 Å². The maximum atomic E-state index is 15.5. The number of rotatable bonds is 8. The van der Waals surface area contributed by atoms with Gasteiger partial charge in [-0.3, -0.25) is 9.80 Å². The Kier molecular flexibility index (Phi) is 7.26. The van der Waals surface area contributed by atoms with Gasteiger partial charge in [-0.05, 0) is 18.2 Å². The number of hydrogen-bond donors (Lipinski definition) is 1. The predicted molar refractivity (Wildman–Crippen MR) is 134 cm³/mol. The van der Waals surface area contributed by atoms with Crippen molar-refractivity contribution in [1.82, 2.24) is 24.8 Å². The smallest absolute Gasteiger partial charge is 0.401 e. The molecule has 1 aliphatic heterocycles. The molecule has 12 heteroatoms. The number of aromatic nitrogens is 3. The van der Waals surface area contributed by atoms with Gasteiger partial charge < -0.3 is 19.2 Å². The van der Waals surface area contributed by atoms with E-state index in [4.69, 9.17) is 14.2 Å². The van der Waals surface area contributed by atoms with E-state index in [0.29, 0.717) is 89.8 Å². The van der Waals surface area contributed by atoms with Crippen molar-refractivity contribution in [2.24, 2.45) is 0 Å². The van der Waals surface area contributed by atoms with Crippen molar-refractivity contribution in [2.75, 3.05) is 60.1 Å². The van der Waals surface area contributed by atoms with Crippen molar-refractivity contribution in [3.05, 3.63) is 42.5 Å². The predicted octanol–water partition coefficient (Wildman–Crippen LogP) is 4.49. The highest BCUT2D eigenvalue weighted by Crippen LogP contribution is 2.37. The lowest BCUT2D eigenvalue weighted by Crippen LogP contribution is -2.49. The Bertz CT molecular complexity index is 1430. The molecule has 202 valence electrons. The van der Waals surface area contributed by atoms with Crippen molar-refractivity contribution >= 4 is 21.8 Å². The Morgan fingerprint density at radius 2 is 1.68 bits per heavy atom. The molecule has 2 aromatic heterocycles. The fourth-order valence-electron chi connectivity index (χ4n) is 4.70. The van der Waals surface area contributed by atoms with E-state index >= 15 is 4.39 Å². The molecule has 0 saturated carbocycles. The van der Waals surface area contributed by atoms with E-state index in [1.165, 1.54) is 25.4 Å². The minimum absolute atomic E-state index is 0.312. The molecule has 1 aliphatic rings. The minimum atomic E-state index is -4.19. The van der Waals surface area contributed by atoms with Gasteiger partial charge in [-0.2, -0.15) is 13.2 Å². The summed E-state index contributed by atoms with van der Waals surface area (Å²) in [4.78, 5) is 15.2. The highest BCUT2D eigenvalue weighted by atomic mass is 19.4. The zero-order chi connectivity index (χ0) is 26.9. The molecule has 0 aliphatic carbocycles. The summed E-state index contributed by atoms with van der Waals surface area (Å²) in [6.45, 7) is 1.78. The largest absolute Gasteiger partial charge is 0.493 e. The lowest BCUT2D eigenvalue weighted by Gasteiger charge is -2.34. The van der Waals surface area contributed by atoms with Gasteiger partial charge >= 0.3 is 6.18 Å². The van der Waals surface area contributed by atoms with E-state index in [-0.39, 0.29) is 0 Å². The molecule has 4 aromatic rings.